The summed E-state index contributed by atoms with van der Waals surface area (Å²) in [4.78, 5) is 29.3. The van der Waals surface area contributed by atoms with E-state index in [-0.39, 0.29) is 59.4 Å². The normalized spacial score (nSPS) is 10.3. The minimum atomic E-state index is -0.808. The molecule has 1 aromatic carbocycles. The zero-order chi connectivity index (χ0) is 24.5. The number of nitrogens with zero attached hydrogens (tertiary/aromatic N) is 4. The van der Waals surface area contributed by atoms with E-state index in [4.69, 9.17) is 37.9 Å². The van der Waals surface area contributed by atoms with Crippen molar-refractivity contribution in [1.29, 1.82) is 0 Å². The molecule has 0 saturated heterocycles. The van der Waals surface area contributed by atoms with Crippen LogP contribution < -0.4 is 28.4 Å². The minimum Gasteiger partial charge on any atom is -0.481 e. The summed E-state index contributed by atoms with van der Waals surface area (Å²) < 4.78 is 42.0. The molecule has 13 nitrogen and oxygen atoms in total. The van der Waals surface area contributed by atoms with Gasteiger partial charge in [0.1, 0.15) is 17.1 Å². The maximum absolute atomic E-state index is 12.9. The van der Waals surface area contributed by atoms with Crippen LogP contribution in [0, 0.1) is 0 Å². The van der Waals surface area contributed by atoms with E-state index in [0.29, 0.717) is 0 Å². The van der Waals surface area contributed by atoms with E-state index in [9.17, 15) is 4.79 Å². The quantitative estimate of drug-likeness (QED) is 0.297. The summed E-state index contributed by atoms with van der Waals surface area (Å²) in [6.45, 7) is -0.306. The Labute approximate surface area is 194 Å². The van der Waals surface area contributed by atoms with Crippen molar-refractivity contribution in [2.24, 2.45) is 0 Å². The van der Waals surface area contributed by atoms with Gasteiger partial charge in [0.05, 0.1) is 40.6 Å². The highest BCUT2D eigenvalue weighted by atomic mass is 16.7. The van der Waals surface area contributed by atoms with Crippen LogP contribution in [-0.2, 0) is 9.47 Å². The summed E-state index contributed by atoms with van der Waals surface area (Å²) in [5.74, 6) is -0.0155. The third-order valence-corrected chi connectivity index (χ3v) is 4.06. The second kappa shape index (κ2) is 11.5. The number of methoxy groups -OCH3 is 5. The van der Waals surface area contributed by atoms with Gasteiger partial charge in [-0.15, -0.1) is 0 Å². The predicted octanol–water partition coefficient (Wildman–Crippen LogP) is 2.65. The maximum atomic E-state index is 12.9. The molecule has 0 atom stereocenters. The third kappa shape index (κ3) is 5.89. The molecule has 0 saturated carbocycles. The van der Waals surface area contributed by atoms with Crippen molar-refractivity contribution in [2.75, 3.05) is 42.3 Å². The Bertz CT molecular complexity index is 1020. The number of benzene rings is 1. The summed E-state index contributed by atoms with van der Waals surface area (Å²) in [6, 6.07) is 7.22. The first-order valence-electron chi connectivity index (χ1n) is 9.60. The van der Waals surface area contributed by atoms with E-state index < -0.39 is 5.97 Å². The Kier molecular flexibility index (Phi) is 8.18. The van der Waals surface area contributed by atoms with Crippen molar-refractivity contribution < 1.29 is 42.7 Å². The second-order valence-corrected chi connectivity index (χ2v) is 6.14. The van der Waals surface area contributed by atoms with E-state index in [1.165, 1.54) is 59.8 Å². The van der Waals surface area contributed by atoms with E-state index in [1.807, 2.05) is 0 Å². The lowest BCUT2D eigenvalue weighted by Gasteiger charge is -2.14. The van der Waals surface area contributed by atoms with Gasteiger partial charge in [0.15, 0.2) is 6.79 Å². The van der Waals surface area contributed by atoms with Gasteiger partial charge in [-0.2, -0.15) is 19.9 Å². The van der Waals surface area contributed by atoms with Crippen LogP contribution in [0.3, 0.4) is 0 Å². The molecule has 3 aromatic rings. The Balaban J connectivity index is 2.04. The zero-order valence-electron chi connectivity index (χ0n) is 19.1. The molecule has 13 heteroatoms. The molecular weight excluding hydrogens is 452 g/mol. The lowest BCUT2D eigenvalue weighted by Crippen LogP contribution is -2.11. The molecule has 0 aliphatic heterocycles. The smallest absolute Gasteiger partial charge is 0.347 e. The standard InChI is InChI=1S/C21H22N4O9/c1-27-11-32-19(26)18-12(33-20-22-14(28-2)9-15(23-20)29-3)7-6-8-13(18)34-21-24-16(30-4)10-17(25-21)31-5/h6-10H,11H2,1-5H3. The maximum Gasteiger partial charge on any atom is 0.347 e. The molecule has 0 spiro atoms. The molecule has 0 N–H and O–H groups in total. The summed E-state index contributed by atoms with van der Waals surface area (Å²) >= 11 is 0. The topological polar surface area (TPSA) is 142 Å². The molecule has 180 valence electrons. The van der Waals surface area contributed by atoms with Gasteiger partial charge in [0.25, 0.3) is 0 Å². The van der Waals surface area contributed by atoms with Crippen molar-refractivity contribution >= 4 is 5.97 Å². The molecule has 0 aliphatic rings. The molecule has 0 aliphatic carbocycles. The number of carbonyl (C=O) groups excluding carboxylic acids is 1. The Morgan fingerprint density at radius 1 is 0.706 bits per heavy atom. The van der Waals surface area contributed by atoms with Crippen LogP contribution in [0.4, 0.5) is 0 Å². The molecule has 0 bridgehead atoms. The number of ether oxygens (including phenoxy) is 8. The average molecular weight is 474 g/mol. The highest BCUT2D eigenvalue weighted by Crippen LogP contribution is 2.35. The first kappa shape index (κ1) is 24.3. The molecule has 3 rings (SSSR count). The van der Waals surface area contributed by atoms with Gasteiger partial charge >= 0.3 is 18.0 Å². The van der Waals surface area contributed by atoms with Crippen LogP contribution in [0.15, 0.2) is 30.3 Å². The number of esters is 1. The van der Waals surface area contributed by atoms with Gasteiger partial charge in [-0.1, -0.05) is 6.07 Å². The number of hydrogen-bond acceptors (Lipinski definition) is 13. The lowest BCUT2D eigenvalue weighted by molar-refractivity contribution is -0.0128. The Morgan fingerprint density at radius 2 is 1.12 bits per heavy atom. The van der Waals surface area contributed by atoms with Crippen LogP contribution in [0.2, 0.25) is 0 Å². The van der Waals surface area contributed by atoms with Crippen LogP contribution in [0.1, 0.15) is 10.4 Å². The summed E-state index contributed by atoms with van der Waals surface area (Å²) in [5.41, 5.74) is -0.102. The molecule has 34 heavy (non-hydrogen) atoms. The predicted molar refractivity (Wildman–Crippen MR) is 114 cm³/mol. The van der Waals surface area contributed by atoms with Crippen molar-refractivity contribution in [3.8, 4) is 47.0 Å². The molecular formula is C21H22N4O9. The second-order valence-electron chi connectivity index (χ2n) is 6.14. The molecule has 0 radical (unpaired) electrons. The van der Waals surface area contributed by atoms with E-state index in [1.54, 1.807) is 6.07 Å². The number of carbonyl (C=O) groups is 1. The van der Waals surface area contributed by atoms with E-state index in [2.05, 4.69) is 19.9 Å². The average Bonchev–Trinajstić information content (AvgIpc) is 2.86. The van der Waals surface area contributed by atoms with Crippen LogP contribution >= 0.6 is 0 Å². The summed E-state index contributed by atoms with van der Waals surface area (Å²) in [5, 5.41) is 0. The van der Waals surface area contributed by atoms with Crippen molar-refractivity contribution in [3.63, 3.8) is 0 Å². The van der Waals surface area contributed by atoms with Crippen molar-refractivity contribution in [1.82, 2.24) is 19.9 Å². The summed E-state index contributed by atoms with van der Waals surface area (Å²) in [7, 11) is 7.08. The van der Waals surface area contributed by atoms with Crippen molar-refractivity contribution in [2.45, 2.75) is 0 Å². The van der Waals surface area contributed by atoms with Crippen LogP contribution in [0.25, 0.3) is 0 Å². The first-order chi connectivity index (χ1) is 16.5. The fourth-order valence-electron chi connectivity index (χ4n) is 2.54. The SMILES string of the molecule is COCOC(=O)c1c(Oc2nc(OC)cc(OC)n2)cccc1Oc1nc(OC)cc(OC)n1. The number of aromatic nitrogens is 4. The number of hydrogen-bond donors (Lipinski definition) is 0. The van der Waals surface area contributed by atoms with Gasteiger partial charge in [-0.25, -0.2) is 4.79 Å². The van der Waals surface area contributed by atoms with Crippen molar-refractivity contribution in [3.05, 3.63) is 35.9 Å². The van der Waals surface area contributed by atoms with Gasteiger partial charge in [-0.3, -0.25) is 0 Å². The minimum absolute atomic E-state index is 0.0174. The first-order valence-corrected chi connectivity index (χ1v) is 9.60. The van der Waals surface area contributed by atoms with Crippen LogP contribution in [0.5, 0.6) is 47.0 Å². The fourth-order valence-corrected chi connectivity index (χ4v) is 2.54. The zero-order valence-corrected chi connectivity index (χ0v) is 19.1. The summed E-state index contributed by atoms with van der Waals surface area (Å²) in [6.07, 6.45) is 0. The molecule has 0 unspecified atom stereocenters. The van der Waals surface area contributed by atoms with Gasteiger partial charge in [-0.05, 0) is 12.1 Å². The lowest BCUT2D eigenvalue weighted by atomic mass is 10.2. The highest BCUT2D eigenvalue weighted by molar-refractivity contribution is 5.95. The van der Waals surface area contributed by atoms with Gasteiger partial charge < -0.3 is 37.9 Å². The van der Waals surface area contributed by atoms with Gasteiger partial charge in [0.2, 0.25) is 23.5 Å². The monoisotopic (exact) mass is 474 g/mol. The Hall–Kier alpha value is -4.39. The Morgan fingerprint density at radius 3 is 1.47 bits per heavy atom. The molecule has 0 amide bonds. The third-order valence-electron chi connectivity index (χ3n) is 4.06. The van der Waals surface area contributed by atoms with E-state index in [0.717, 1.165) is 0 Å². The largest absolute Gasteiger partial charge is 0.481 e. The van der Waals surface area contributed by atoms with Crippen LogP contribution in [-0.4, -0.2) is 68.2 Å². The van der Waals surface area contributed by atoms with Gasteiger partial charge in [0, 0.05) is 7.11 Å². The highest BCUT2D eigenvalue weighted by Gasteiger charge is 2.24. The fraction of sp³-hybridized carbons (Fsp3) is 0.286. The van der Waals surface area contributed by atoms with E-state index >= 15 is 0 Å². The molecule has 2 aromatic heterocycles. The molecule has 2 heterocycles. The molecule has 0 fully saturated rings. The number of rotatable bonds is 11.